The van der Waals surface area contributed by atoms with Gasteiger partial charge in [-0.3, -0.25) is 0 Å². The summed E-state index contributed by atoms with van der Waals surface area (Å²) in [5, 5.41) is 0. The smallest absolute Gasteiger partial charge is 0.110 e. The van der Waals surface area contributed by atoms with Gasteiger partial charge in [0.15, 0.2) is 0 Å². The van der Waals surface area contributed by atoms with E-state index in [0.717, 1.165) is 6.42 Å². The minimum Gasteiger partial charge on any atom is -0.244 e. The fraction of sp³-hybridized carbons (Fsp3) is 1.00. The lowest BCUT2D eigenvalue weighted by Gasteiger charge is -2.38. The summed E-state index contributed by atoms with van der Waals surface area (Å²) in [6.45, 7) is 14.4. The molecule has 0 aromatic heterocycles. The molecular formula is C13H25F. The van der Waals surface area contributed by atoms with Crippen LogP contribution >= 0.6 is 0 Å². The molecule has 1 aliphatic rings. The van der Waals surface area contributed by atoms with Crippen LogP contribution in [-0.4, -0.2) is 5.67 Å². The van der Waals surface area contributed by atoms with Crippen molar-refractivity contribution >= 4 is 0 Å². The second-order valence-corrected chi connectivity index (χ2v) is 7.15. The number of hydrogen-bond donors (Lipinski definition) is 0. The number of halogens is 1. The first-order chi connectivity index (χ1) is 5.91. The van der Waals surface area contributed by atoms with Crippen molar-refractivity contribution < 1.29 is 4.39 Å². The number of hydrogen-bond acceptors (Lipinski definition) is 0. The Morgan fingerprint density at radius 2 is 1.43 bits per heavy atom. The van der Waals surface area contributed by atoms with Crippen molar-refractivity contribution in [3.63, 3.8) is 0 Å². The first-order valence-corrected chi connectivity index (χ1v) is 5.60. The lowest BCUT2D eigenvalue weighted by Crippen LogP contribution is -2.37. The fourth-order valence-corrected chi connectivity index (χ4v) is 2.42. The Balaban J connectivity index is 2.71. The summed E-state index contributed by atoms with van der Waals surface area (Å²) in [5.41, 5.74) is -0.556. The molecule has 84 valence electrons. The second kappa shape index (κ2) is 2.74. The summed E-state index contributed by atoms with van der Waals surface area (Å²) in [6.07, 6.45) is 2.22. The van der Waals surface area contributed by atoms with E-state index in [4.69, 9.17) is 0 Å². The second-order valence-electron chi connectivity index (χ2n) is 7.15. The Bertz CT molecular complexity index is 232. The first kappa shape index (κ1) is 12.0. The highest BCUT2D eigenvalue weighted by atomic mass is 19.1. The SMILES string of the molecule is CC(C)(F)C(C)(C)CC1(C)CC1(C)C. The minimum absolute atomic E-state index is 0.227. The van der Waals surface area contributed by atoms with E-state index in [9.17, 15) is 4.39 Å². The monoisotopic (exact) mass is 200 g/mol. The van der Waals surface area contributed by atoms with Crippen molar-refractivity contribution in [2.45, 2.75) is 67.0 Å². The Hall–Kier alpha value is -0.0700. The van der Waals surface area contributed by atoms with Crippen molar-refractivity contribution in [3.8, 4) is 0 Å². The first-order valence-electron chi connectivity index (χ1n) is 5.60. The maximum atomic E-state index is 14.0. The van der Waals surface area contributed by atoms with Gasteiger partial charge in [0, 0.05) is 0 Å². The molecule has 0 aromatic rings. The molecule has 1 saturated carbocycles. The van der Waals surface area contributed by atoms with Crippen LogP contribution in [0.1, 0.15) is 61.3 Å². The van der Waals surface area contributed by atoms with Crippen LogP contribution in [0.4, 0.5) is 4.39 Å². The van der Waals surface area contributed by atoms with Crippen molar-refractivity contribution in [2.24, 2.45) is 16.2 Å². The van der Waals surface area contributed by atoms with E-state index in [0.29, 0.717) is 10.8 Å². The van der Waals surface area contributed by atoms with Gasteiger partial charge >= 0.3 is 0 Å². The molecule has 1 fully saturated rings. The predicted molar refractivity (Wildman–Crippen MR) is 60.1 cm³/mol. The van der Waals surface area contributed by atoms with Gasteiger partial charge in [0.2, 0.25) is 0 Å². The maximum absolute atomic E-state index is 14.0. The molecule has 1 atom stereocenters. The van der Waals surface area contributed by atoms with E-state index >= 15 is 0 Å². The van der Waals surface area contributed by atoms with Crippen molar-refractivity contribution in [1.82, 2.24) is 0 Å². The quantitative estimate of drug-likeness (QED) is 0.625. The molecule has 0 aliphatic heterocycles. The van der Waals surface area contributed by atoms with Crippen molar-refractivity contribution in [1.29, 1.82) is 0 Å². The van der Waals surface area contributed by atoms with Crippen molar-refractivity contribution in [2.75, 3.05) is 0 Å². The maximum Gasteiger partial charge on any atom is 0.110 e. The summed E-state index contributed by atoms with van der Waals surface area (Å²) in [4.78, 5) is 0. The van der Waals surface area contributed by atoms with Crippen molar-refractivity contribution in [3.05, 3.63) is 0 Å². The molecule has 0 radical (unpaired) electrons. The van der Waals surface area contributed by atoms with Gasteiger partial charge in [-0.25, -0.2) is 4.39 Å². The van der Waals surface area contributed by atoms with Gasteiger partial charge in [-0.05, 0) is 42.9 Å². The molecular weight excluding hydrogens is 175 g/mol. The van der Waals surface area contributed by atoms with Gasteiger partial charge in [-0.1, -0.05) is 34.6 Å². The third kappa shape index (κ3) is 1.83. The van der Waals surface area contributed by atoms with E-state index in [1.807, 2.05) is 13.8 Å². The zero-order valence-corrected chi connectivity index (χ0v) is 10.8. The summed E-state index contributed by atoms with van der Waals surface area (Å²) < 4.78 is 14.0. The van der Waals surface area contributed by atoms with Gasteiger partial charge in [0.05, 0.1) is 0 Å². The third-order valence-electron chi connectivity index (χ3n) is 4.78. The molecule has 0 amide bonds. The third-order valence-corrected chi connectivity index (χ3v) is 4.78. The van der Waals surface area contributed by atoms with Gasteiger partial charge in [0.1, 0.15) is 5.67 Å². The Kier molecular flexibility index (Phi) is 2.35. The lowest BCUT2D eigenvalue weighted by atomic mass is 9.70. The molecule has 14 heavy (non-hydrogen) atoms. The summed E-state index contributed by atoms with van der Waals surface area (Å²) in [7, 11) is 0. The van der Waals surface area contributed by atoms with E-state index in [1.165, 1.54) is 6.42 Å². The van der Waals surface area contributed by atoms with Crippen LogP contribution in [0.15, 0.2) is 0 Å². The standard InChI is InChI=1S/C13H25F/c1-10(2,12(5,6)14)8-13(7)9-11(13,3)4/h8-9H2,1-7H3. The highest BCUT2D eigenvalue weighted by Crippen LogP contribution is 2.68. The van der Waals surface area contributed by atoms with Crippen LogP contribution in [0.25, 0.3) is 0 Å². The number of rotatable bonds is 3. The molecule has 0 N–H and O–H groups in total. The molecule has 1 rings (SSSR count). The topological polar surface area (TPSA) is 0 Å². The van der Waals surface area contributed by atoms with Crippen LogP contribution in [0.3, 0.4) is 0 Å². The zero-order chi connectivity index (χ0) is 11.4. The van der Waals surface area contributed by atoms with Crippen LogP contribution in [0.2, 0.25) is 0 Å². The van der Waals surface area contributed by atoms with Crippen LogP contribution < -0.4 is 0 Å². The lowest BCUT2D eigenvalue weighted by molar-refractivity contribution is 0.0242. The highest BCUT2D eigenvalue weighted by Gasteiger charge is 2.60. The fourth-order valence-electron chi connectivity index (χ4n) is 2.42. The van der Waals surface area contributed by atoms with E-state index < -0.39 is 5.67 Å². The molecule has 1 heteroatoms. The van der Waals surface area contributed by atoms with E-state index in [2.05, 4.69) is 20.8 Å². The molecule has 0 spiro atoms. The molecule has 0 saturated heterocycles. The molecule has 1 unspecified atom stereocenters. The predicted octanol–water partition coefficient (Wildman–Crippen LogP) is 4.59. The normalized spacial score (nSPS) is 31.7. The Morgan fingerprint density at radius 3 is 1.64 bits per heavy atom. The van der Waals surface area contributed by atoms with Crippen LogP contribution in [-0.2, 0) is 0 Å². The van der Waals surface area contributed by atoms with Gasteiger partial charge in [-0.2, -0.15) is 0 Å². The van der Waals surface area contributed by atoms with E-state index in [-0.39, 0.29) is 5.41 Å². The Morgan fingerprint density at radius 1 is 1.07 bits per heavy atom. The molecule has 0 heterocycles. The van der Waals surface area contributed by atoms with Crippen LogP contribution in [0, 0.1) is 16.2 Å². The average molecular weight is 200 g/mol. The van der Waals surface area contributed by atoms with Crippen LogP contribution in [0.5, 0.6) is 0 Å². The summed E-state index contributed by atoms with van der Waals surface area (Å²) in [6, 6.07) is 0. The molecule has 0 aromatic carbocycles. The largest absolute Gasteiger partial charge is 0.244 e. The Labute approximate surface area is 88.3 Å². The molecule has 1 aliphatic carbocycles. The molecule has 0 nitrogen and oxygen atoms in total. The van der Waals surface area contributed by atoms with Gasteiger partial charge < -0.3 is 0 Å². The summed E-state index contributed by atoms with van der Waals surface area (Å²) >= 11 is 0. The zero-order valence-electron chi connectivity index (χ0n) is 10.8. The summed E-state index contributed by atoms with van der Waals surface area (Å²) in [5.74, 6) is 0. The van der Waals surface area contributed by atoms with Gasteiger partial charge in [-0.15, -0.1) is 0 Å². The minimum atomic E-state index is -1.09. The molecule has 0 bridgehead atoms. The number of alkyl halides is 1. The highest BCUT2D eigenvalue weighted by molar-refractivity contribution is 5.09. The average Bonchev–Trinajstić information content (AvgIpc) is 2.24. The van der Waals surface area contributed by atoms with E-state index in [1.54, 1.807) is 13.8 Å². The van der Waals surface area contributed by atoms with Gasteiger partial charge in [0.25, 0.3) is 0 Å².